The number of nitrogens with zero attached hydrogens (tertiary/aromatic N) is 3. The van der Waals surface area contributed by atoms with E-state index in [1.165, 1.54) is 0 Å². The van der Waals surface area contributed by atoms with Crippen LogP contribution in [-0.2, 0) is 4.79 Å². The van der Waals surface area contributed by atoms with Crippen LogP contribution in [0.4, 0.5) is 17.6 Å². The molecule has 0 unspecified atom stereocenters. The van der Waals surface area contributed by atoms with Gasteiger partial charge >= 0.3 is 0 Å². The molecule has 106 valence electrons. The number of hydrogen-bond acceptors (Lipinski definition) is 7. The van der Waals surface area contributed by atoms with Gasteiger partial charge in [-0.1, -0.05) is 13.8 Å². The van der Waals surface area contributed by atoms with Crippen LogP contribution in [0.3, 0.4) is 0 Å². The van der Waals surface area contributed by atoms with E-state index in [0.717, 1.165) is 0 Å². The second kappa shape index (κ2) is 6.74. The van der Waals surface area contributed by atoms with Gasteiger partial charge in [-0.15, -0.1) is 0 Å². The van der Waals surface area contributed by atoms with Crippen molar-refractivity contribution in [1.29, 1.82) is 0 Å². The molecule has 1 aromatic heterocycles. The van der Waals surface area contributed by atoms with Crippen molar-refractivity contribution in [3.05, 3.63) is 6.07 Å². The number of carbonyl (C=O) groups is 1. The molecule has 1 aromatic rings. The first-order chi connectivity index (χ1) is 8.92. The number of rotatable bonds is 6. The number of likely N-dealkylation sites (N-methyl/N-ethyl adjacent to an activating group) is 1. The SMILES string of the molecule is CC(C)CNC(=O)CN(C)c1cc(NN)nc(N)n1. The fraction of sp³-hybridized carbons (Fsp3) is 0.545. The van der Waals surface area contributed by atoms with Crippen LogP contribution in [-0.4, -0.2) is 36.0 Å². The van der Waals surface area contributed by atoms with Crippen molar-refractivity contribution >= 4 is 23.5 Å². The summed E-state index contributed by atoms with van der Waals surface area (Å²) >= 11 is 0. The Balaban J connectivity index is 2.64. The molecule has 0 bridgehead atoms. The summed E-state index contributed by atoms with van der Waals surface area (Å²) < 4.78 is 0. The molecule has 1 amide bonds. The third-order valence-corrected chi connectivity index (χ3v) is 2.36. The maximum Gasteiger partial charge on any atom is 0.239 e. The maximum atomic E-state index is 11.7. The molecule has 8 heteroatoms. The lowest BCUT2D eigenvalue weighted by Gasteiger charge is -2.18. The highest BCUT2D eigenvalue weighted by molar-refractivity contribution is 5.81. The Hall–Kier alpha value is -2.09. The van der Waals surface area contributed by atoms with Crippen LogP contribution in [0.15, 0.2) is 6.07 Å². The van der Waals surface area contributed by atoms with E-state index >= 15 is 0 Å². The summed E-state index contributed by atoms with van der Waals surface area (Å²) in [5.41, 5.74) is 7.96. The second-order valence-corrected chi connectivity index (χ2v) is 4.67. The van der Waals surface area contributed by atoms with E-state index in [1.807, 2.05) is 13.8 Å². The molecule has 6 N–H and O–H groups in total. The van der Waals surface area contributed by atoms with Gasteiger partial charge in [0.15, 0.2) is 0 Å². The molecule has 0 atom stereocenters. The van der Waals surface area contributed by atoms with E-state index in [0.29, 0.717) is 24.1 Å². The van der Waals surface area contributed by atoms with Crippen molar-refractivity contribution in [2.45, 2.75) is 13.8 Å². The number of anilines is 3. The van der Waals surface area contributed by atoms with Gasteiger partial charge in [0.05, 0.1) is 6.54 Å². The van der Waals surface area contributed by atoms with Crippen LogP contribution in [0.5, 0.6) is 0 Å². The zero-order valence-corrected chi connectivity index (χ0v) is 11.5. The van der Waals surface area contributed by atoms with Gasteiger partial charge in [-0.3, -0.25) is 4.79 Å². The summed E-state index contributed by atoms with van der Waals surface area (Å²) in [4.78, 5) is 21.3. The molecular weight excluding hydrogens is 246 g/mol. The van der Waals surface area contributed by atoms with Crippen molar-refractivity contribution in [3.63, 3.8) is 0 Å². The molecule has 0 aromatic carbocycles. The second-order valence-electron chi connectivity index (χ2n) is 4.67. The summed E-state index contributed by atoms with van der Waals surface area (Å²) in [5.74, 6) is 6.64. The summed E-state index contributed by atoms with van der Waals surface area (Å²) in [5, 5.41) is 2.83. The van der Waals surface area contributed by atoms with E-state index < -0.39 is 0 Å². The average Bonchev–Trinajstić information content (AvgIpc) is 2.35. The van der Waals surface area contributed by atoms with Gasteiger partial charge in [-0.25, -0.2) is 5.84 Å². The molecule has 0 saturated heterocycles. The predicted molar refractivity (Wildman–Crippen MR) is 75.4 cm³/mol. The number of amides is 1. The molecule has 0 aliphatic carbocycles. The maximum absolute atomic E-state index is 11.7. The molecule has 0 spiro atoms. The molecule has 1 heterocycles. The Morgan fingerprint density at radius 2 is 2.16 bits per heavy atom. The van der Waals surface area contributed by atoms with Gasteiger partial charge in [0.25, 0.3) is 0 Å². The average molecular weight is 267 g/mol. The van der Waals surface area contributed by atoms with Gasteiger partial charge in [-0.2, -0.15) is 9.97 Å². The third kappa shape index (κ3) is 4.96. The fourth-order valence-corrected chi connectivity index (χ4v) is 1.39. The van der Waals surface area contributed by atoms with Gasteiger partial charge < -0.3 is 21.4 Å². The summed E-state index contributed by atoms with van der Waals surface area (Å²) in [6, 6.07) is 1.62. The van der Waals surface area contributed by atoms with E-state index in [4.69, 9.17) is 11.6 Å². The van der Waals surface area contributed by atoms with Crippen molar-refractivity contribution < 1.29 is 4.79 Å². The van der Waals surface area contributed by atoms with E-state index in [2.05, 4.69) is 20.7 Å². The van der Waals surface area contributed by atoms with Crippen molar-refractivity contribution in [2.24, 2.45) is 11.8 Å². The van der Waals surface area contributed by atoms with Crippen LogP contribution < -0.4 is 27.2 Å². The Kier molecular flexibility index (Phi) is 5.31. The normalized spacial score (nSPS) is 10.4. The number of aromatic nitrogens is 2. The Morgan fingerprint density at radius 3 is 2.74 bits per heavy atom. The number of carbonyl (C=O) groups excluding carboxylic acids is 1. The molecule has 8 nitrogen and oxygen atoms in total. The van der Waals surface area contributed by atoms with Gasteiger partial charge in [0.2, 0.25) is 11.9 Å². The third-order valence-electron chi connectivity index (χ3n) is 2.36. The quantitative estimate of drug-likeness (QED) is 0.407. The highest BCUT2D eigenvalue weighted by Gasteiger charge is 2.11. The molecule has 19 heavy (non-hydrogen) atoms. The van der Waals surface area contributed by atoms with Crippen LogP contribution in [0.25, 0.3) is 0 Å². The minimum absolute atomic E-state index is 0.0735. The number of nitrogen functional groups attached to an aromatic ring is 2. The first-order valence-corrected chi connectivity index (χ1v) is 6.01. The number of hydrazine groups is 1. The molecule has 0 aliphatic rings. The zero-order valence-electron chi connectivity index (χ0n) is 11.5. The van der Waals surface area contributed by atoms with Crippen molar-refractivity contribution in [3.8, 4) is 0 Å². The zero-order chi connectivity index (χ0) is 14.4. The first kappa shape index (κ1) is 15.0. The van der Waals surface area contributed by atoms with E-state index in [-0.39, 0.29) is 18.4 Å². The van der Waals surface area contributed by atoms with Crippen molar-refractivity contribution in [2.75, 3.05) is 36.2 Å². The lowest BCUT2D eigenvalue weighted by atomic mass is 10.2. The topological polar surface area (TPSA) is 122 Å². The van der Waals surface area contributed by atoms with E-state index in [9.17, 15) is 4.79 Å². The largest absolute Gasteiger partial charge is 0.368 e. The smallest absolute Gasteiger partial charge is 0.239 e. The fourth-order valence-electron chi connectivity index (χ4n) is 1.39. The highest BCUT2D eigenvalue weighted by atomic mass is 16.2. The molecule has 0 saturated carbocycles. The summed E-state index contributed by atoms with van der Waals surface area (Å²) in [7, 11) is 1.75. The lowest BCUT2D eigenvalue weighted by Crippen LogP contribution is -2.37. The number of nitrogens with two attached hydrogens (primary N) is 2. The first-order valence-electron chi connectivity index (χ1n) is 6.01. The highest BCUT2D eigenvalue weighted by Crippen LogP contribution is 2.14. The minimum Gasteiger partial charge on any atom is -0.368 e. The monoisotopic (exact) mass is 267 g/mol. The minimum atomic E-state index is -0.0735. The Bertz CT molecular complexity index is 435. The molecule has 0 aliphatic heterocycles. The lowest BCUT2D eigenvalue weighted by molar-refractivity contribution is -0.119. The van der Waals surface area contributed by atoms with Crippen LogP contribution in [0.2, 0.25) is 0 Å². The standard InChI is InChI=1S/C11H21N7O/c1-7(2)5-14-10(19)6-18(3)9-4-8(17-13)15-11(12)16-9/h4,7H,5-6,13H2,1-3H3,(H,14,19)(H3,12,15,16,17). The van der Waals surface area contributed by atoms with E-state index in [1.54, 1.807) is 18.0 Å². The molecule has 0 fully saturated rings. The van der Waals surface area contributed by atoms with Crippen LogP contribution >= 0.6 is 0 Å². The summed E-state index contributed by atoms with van der Waals surface area (Å²) in [6.45, 7) is 4.91. The Labute approximate surface area is 112 Å². The van der Waals surface area contributed by atoms with Gasteiger partial charge in [0.1, 0.15) is 11.6 Å². The van der Waals surface area contributed by atoms with Crippen LogP contribution in [0.1, 0.15) is 13.8 Å². The van der Waals surface area contributed by atoms with Crippen LogP contribution in [0, 0.1) is 5.92 Å². The Morgan fingerprint density at radius 1 is 1.47 bits per heavy atom. The molecule has 1 rings (SSSR count). The van der Waals surface area contributed by atoms with Gasteiger partial charge in [0, 0.05) is 19.7 Å². The predicted octanol–water partition coefficient (Wildman–Crippen LogP) is -0.447. The van der Waals surface area contributed by atoms with Gasteiger partial charge in [-0.05, 0) is 5.92 Å². The summed E-state index contributed by atoms with van der Waals surface area (Å²) in [6.07, 6.45) is 0. The number of nitrogens with one attached hydrogen (secondary N) is 2. The molecule has 0 radical (unpaired) electrons. The van der Waals surface area contributed by atoms with Crippen molar-refractivity contribution in [1.82, 2.24) is 15.3 Å². The number of hydrogen-bond donors (Lipinski definition) is 4. The molecular formula is C11H21N7O.